The molecule has 1 aliphatic heterocycles. The fourth-order valence-corrected chi connectivity index (χ4v) is 2.71. The first-order chi connectivity index (χ1) is 10.1. The van der Waals surface area contributed by atoms with Crippen LogP contribution in [0.4, 0.5) is 5.69 Å². The summed E-state index contributed by atoms with van der Waals surface area (Å²) in [5, 5.41) is 6.52. The summed E-state index contributed by atoms with van der Waals surface area (Å²) in [6, 6.07) is 6.29. The molecule has 1 fully saturated rings. The smallest absolute Gasteiger partial charge is 0.251 e. The predicted molar refractivity (Wildman–Crippen MR) is 87.9 cm³/mol. The molecule has 21 heavy (non-hydrogen) atoms. The van der Waals surface area contributed by atoms with Crippen LogP contribution in [0.25, 0.3) is 0 Å². The first-order valence-corrected chi connectivity index (χ1v) is 7.94. The van der Waals surface area contributed by atoms with Gasteiger partial charge in [-0.15, -0.1) is 0 Å². The molecule has 1 aliphatic rings. The molecular weight excluding hydrogens is 262 g/mol. The van der Waals surface area contributed by atoms with E-state index >= 15 is 0 Å². The van der Waals surface area contributed by atoms with Gasteiger partial charge < -0.3 is 15.5 Å². The molecule has 0 bridgehead atoms. The van der Waals surface area contributed by atoms with Gasteiger partial charge in [-0.25, -0.2) is 0 Å². The summed E-state index contributed by atoms with van der Waals surface area (Å²) in [5.41, 5.74) is 2.91. The monoisotopic (exact) mass is 289 g/mol. The van der Waals surface area contributed by atoms with E-state index in [0.717, 1.165) is 55.7 Å². The number of likely N-dealkylation sites (tertiary alicyclic amines) is 1. The first kappa shape index (κ1) is 15.8. The minimum atomic E-state index is 0.0593. The number of piperidine rings is 1. The molecule has 0 atom stereocenters. The van der Waals surface area contributed by atoms with Crippen molar-refractivity contribution in [2.75, 3.05) is 32.0 Å². The van der Waals surface area contributed by atoms with Crippen molar-refractivity contribution in [1.29, 1.82) is 0 Å². The van der Waals surface area contributed by atoms with Crippen LogP contribution in [0.15, 0.2) is 18.2 Å². The van der Waals surface area contributed by atoms with Crippen LogP contribution in [0.1, 0.15) is 42.1 Å². The van der Waals surface area contributed by atoms with Crippen LogP contribution in [0, 0.1) is 6.92 Å². The fourth-order valence-electron chi connectivity index (χ4n) is 2.71. The Kier molecular flexibility index (Phi) is 5.62. The second-order valence-electron chi connectivity index (χ2n) is 6.01. The SMILES string of the molecule is CCCNc1ccc(C(=O)NC2CCN(C)CC2)c(C)c1. The van der Waals surface area contributed by atoms with Gasteiger partial charge in [0.25, 0.3) is 5.91 Å². The summed E-state index contributed by atoms with van der Waals surface area (Å²) in [6.07, 6.45) is 3.17. The van der Waals surface area contributed by atoms with Gasteiger partial charge in [-0.2, -0.15) is 0 Å². The fraction of sp³-hybridized carbons (Fsp3) is 0.588. The van der Waals surface area contributed by atoms with Crippen molar-refractivity contribution in [3.63, 3.8) is 0 Å². The number of rotatable bonds is 5. The van der Waals surface area contributed by atoms with Gasteiger partial charge >= 0.3 is 0 Å². The average molecular weight is 289 g/mol. The second-order valence-corrected chi connectivity index (χ2v) is 6.01. The standard InChI is InChI=1S/C17H27N3O/c1-4-9-18-15-5-6-16(13(2)12-15)17(21)19-14-7-10-20(3)11-8-14/h5-6,12,14,18H,4,7-11H2,1-3H3,(H,19,21). The second kappa shape index (κ2) is 7.46. The summed E-state index contributed by atoms with van der Waals surface area (Å²) in [5.74, 6) is 0.0593. The van der Waals surface area contributed by atoms with Gasteiger partial charge in [0.1, 0.15) is 0 Å². The van der Waals surface area contributed by atoms with Crippen molar-refractivity contribution in [3.8, 4) is 0 Å². The van der Waals surface area contributed by atoms with E-state index in [0.29, 0.717) is 6.04 Å². The molecule has 0 saturated carbocycles. The lowest BCUT2D eigenvalue weighted by Gasteiger charge is -2.29. The molecule has 0 radical (unpaired) electrons. The highest BCUT2D eigenvalue weighted by Gasteiger charge is 2.19. The van der Waals surface area contributed by atoms with Gasteiger partial charge in [-0.05, 0) is 70.1 Å². The van der Waals surface area contributed by atoms with Gasteiger partial charge in [0.15, 0.2) is 0 Å². The van der Waals surface area contributed by atoms with Crippen molar-refractivity contribution in [2.45, 2.75) is 39.2 Å². The molecule has 0 unspecified atom stereocenters. The summed E-state index contributed by atoms with van der Waals surface area (Å²) in [4.78, 5) is 14.7. The quantitative estimate of drug-likeness (QED) is 0.876. The highest BCUT2D eigenvalue weighted by Crippen LogP contribution is 2.16. The van der Waals surface area contributed by atoms with Crippen molar-refractivity contribution in [3.05, 3.63) is 29.3 Å². The summed E-state index contributed by atoms with van der Waals surface area (Å²) in [7, 11) is 2.13. The number of nitrogens with one attached hydrogen (secondary N) is 2. The lowest BCUT2D eigenvalue weighted by molar-refractivity contribution is 0.0916. The molecular formula is C17H27N3O. The van der Waals surface area contributed by atoms with E-state index in [1.54, 1.807) is 0 Å². The van der Waals surface area contributed by atoms with E-state index in [1.165, 1.54) is 0 Å². The Hall–Kier alpha value is -1.55. The summed E-state index contributed by atoms with van der Waals surface area (Å²) in [6.45, 7) is 7.22. The predicted octanol–water partition coefficient (Wildman–Crippen LogP) is 2.64. The van der Waals surface area contributed by atoms with E-state index in [4.69, 9.17) is 0 Å². The Morgan fingerprint density at radius 3 is 2.67 bits per heavy atom. The molecule has 1 saturated heterocycles. The molecule has 1 heterocycles. The van der Waals surface area contributed by atoms with Crippen LogP contribution in [-0.2, 0) is 0 Å². The van der Waals surface area contributed by atoms with Crippen LogP contribution in [0.5, 0.6) is 0 Å². The van der Waals surface area contributed by atoms with Crippen molar-refractivity contribution < 1.29 is 4.79 Å². The maximum atomic E-state index is 12.4. The van der Waals surface area contributed by atoms with E-state index in [9.17, 15) is 4.79 Å². The largest absolute Gasteiger partial charge is 0.385 e. The normalized spacial score (nSPS) is 16.7. The number of anilines is 1. The summed E-state index contributed by atoms with van der Waals surface area (Å²) >= 11 is 0. The van der Waals surface area contributed by atoms with Crippen molar-refractivity contribution in [1.82, 2.24) is 10.2 Å². The maximum absolute atomic E-state index is 12.4. The molecule has 0 spiro atoms. The first-order valence-electron chi connectivity index (χ1n) is 7.94. The number of benzene rings is 1. The molecule has 0 aliphatic carbocycles. The molecule has 4 nitrogen and oxygen atoms in total. The highest BCUT2D eigenvalue weighted by molar-refractivity contribution is 5.96. The number of amides is 1. The Morgan fingerprint density at radius 2 is 2.05 bits per heavy atom. The van der Waals surface area contributed by atoms with E-state index < -0.39 is 0 Å². The maximum Gasteiger partial charge on any atom is 0.251 e. The van der Waals surface area contributed by atoms with E-state index in [-0.39, 0.29) is 5.91 Å². The van der Waals surface area contributed by atoms with Crippen LogP contribution >= 0.6 is 0 Å². The molecule has 1 aromatic carbocycles. The topological polar surface area (TPSA) is 44.4 Å². The molecule has 2 N–H and O–H groups in total. The Bertz CT molecular complexity index is 479. The Labute approximate surface area is 127 Å². The van der Waals surface area contributed by atoms with Crippen LogP contribution in [0.2, 0.25) is 0 Å². The summed E-state index contributed by atoms with van der Waals surface area (Å²) < 4.78 is 0. The molecule has 116 valence electrons. The molecule has 1 aromatic rings. The Morgan fingerprint density at radius 1 is 1.33 bits per heavy atom. The van der Waals surface area contributed by atoms with Gasteiger partial charge in [0.2, 0.25) is 0 Å². The lowest BCUT2D eigenvalue weighted by atomic mass is 10.0. The molecule has 4 heteroatoms. The van der Waals surface area contributed by atoms with E-state index in [2.05, 4.69) is 35.6 Å². The Balaban J connectivity index is 1.95. The van der Waals surface area contributed by atoms with Crippen LogP contribution < -0.4 is 10.6 Å². The zero-order valence-electron chi connectivity index (χ0n) is 13.4. The molecule has 1 amide bonds. The van der Waals surface area contributed by atoms with Gasteiger partial charge in [0, 0.05) is 23.8 Å². The van der Waals surface area contributed by atoms with Gasteiger partial charge in [0.05, 0.1) is 0 Å². The van der Waals surface area contributed by atoms with E-state index in [1.807, 2.05) is 19.1 Å². The minimum Gasteiger partial charge on any atom is -0.385 e. The van der Waals surface area contributed by atoms with Gasteiger partial charge in [-0.3, -0.25) is 4.79 Å². The zero-order chi connectivity index (χ0) is 15.2. The van der Waals surface area contributed by atoms with Crippen LogP contribution in [-0.4, -0.2) is 43.5 Å². The number of hydrogen-bond donors (Lipinski definition) is 2. The highest BCUT2D eigenvalue weighted by atomic mass is 16.1. The third-order valence-corrected chi connectivity index (χ3v) is 4.10. The molecule has 0 aromatic heterocycles. The van der Waals surface area contributed by atoms with Crippen molar-refractivity contribution in [2.24, 2.45) is 0 Å². The third kappa shape index (κ3) is 4.46. The molecule has 2 rings (SSSR count). The number of aryl methyl sites for hydroxylation is 1. The lowest BCUT2D eigenvalue weighted by Crippen LogP contribution is -2.43. The average Bonchev–Trinajstić information content (AvgIpc) is 2.47. The minimum absolute atomic E-state index is 0.0593. The van der Waals surface area contributed by atoms with Crippen molar-refractivity contribution >= 4 is 11.6 Å². The number of carbonyl (C=O) groups is 1. The number of hydrogen-bond acceptors (Lipinski definition) is 3. The number of carbonyl (C=O) groups excluding carboxylic acids is 1. The number of nitrogens with zero attached hydrogens (tertiary/aromatic N) is 1. The van der Waals surface area contributed by atoms with Gasteiger partial charge in [-0.1, -0.05) is 6.92 Å². The third-order valence-electron chi connectivity index (χ3n) is 4.10. The zero-order valence-corrected chi connectivity index (χ0v) is 13.4. The van der Waals surface area contributed by atoms with Crippen LogP contribution in [0.3, 0.4) is 0 Å².